The van der Waals surface area contributed by atoms with Crippen molar-refractivity contribution in [3.63, 3.8) is 0 Å². The van der Waals surface area contributed by atoms with Crippen molar-refractivity contribution in [3.05, 3.63) is 59.2 Å². The van der Waals surface area contributed by atoms with Gasteiger partial charge >= 0.3 is 0 Å². The Balaban J connectivity index is 2.18. The highest BCUT2D eigenvalue weighted by atomic mass is 32.2. The number of hydrogen-bond acceptors (Lipinski definition) is 3. The van der Waals surface area contributed by atoms with Crippen molar-refractivity contribution in [2.75, 3.05) is 11.1 Å². The number of carbonyl (C=O) groups excluding carboxylic acids is 1. The van der Waals surface area contributed by atoms with E-state index in [-0.39, 0.29) is 5.91 Å². The lowest BCUT2D eigenvalue weighted by Gasteiger charge is -2.14. The number of carbonyl (C=O) groups is 1. The Bertz CT molecular complexity index is 668. The second-order valence-corrected chi connectivity index (χ2v) is 7.06. The molecule has 0 aromatic heterocycles. The van der Waals surface area contributed by atoms with Crippen molar-refractivity contribution in [2.45, 2.75) is 31.8 Å². The monoisotopic (exact) mass is 314 g/mol. The smallest absolute Gasteiger partial charge is 0.257 e. The molecule has 22 heavy (non-hydrogen) atoms. The molecule has 0 saturated carbocycles. The standard InChI is InChI=1S/C18H22N2OS/c1-12(2)22-11-14-7-6-10-17(13(14)3)20-18(21)15-8-4-5-9-16(15)19/h4-10,12H,11,19H2,1-3H3,(H,20,21). The second kappa shape index (κ2) is 7.36. The topological polar surface area (TPSA) is 55.1 Å². The molecule has 2 aromatic rings. The molecule has 0 aliphatic carbocycles. The summed E-state index contributed by atoms with van der Waals surface area (Å²) in [6.45, 7) is 6.41. The number of rotatable bonds is 5. The van der Waals surface area contributed by atoms with Crippen LogP contribution in [0.5, 0.6) is 0 Å². The fraction of sp³-hybridized carbons (Fsp3) is 0.278. The molecule has 0 spiro atoms. The highest BCUT2D eigenvalue weighted by Crippen LogP contribution is 2.25. The van der Waals surface area contributed by atoms with Gasteiger partial charge in [0.05, 0.1) is 5.56 Å². The number of anilines is 2. The molecule has 0 atom stereocenters. The van der Waals surface area contributed by atoms with Crippen LogP contribution in [0.1, 0.15) is 35.3 Å². The van der Waals surface area contributed by atoms with Gasteiger partial charge in [-0.2, -0.15) is 11.8 Å². The Morgan fingerprint density at radius 2 is 1.91 bits per heavy atom. The molecule has 0 unspecified atom stereocenters. The van der Waals surface area contributed by atoms with Gasteiger partial charge in [0.1, 0.15) is 0 Å². The minimum atomic E-state index is -0.171. The van der Waals surface area contributed by atoms with Gasteiger partial charge in [-0.3, -0.25) is 4.79 Å². The number of thioether (sulfide) groups is 1. The molecule has 2 aromatic carbocycles. The van der Waals surface area contributed by atoms with Crippen LogP contribution in [0.3, 0.4) is 0 Å². The Hall–Kier alpha value is -1.94. The molecule has 3 nitrogen and oxygen atoms in total. The van der Waals surface area contributed by atoms with Crippen LogP contribution in [0.4, 0.5) is 11.4 Å². The quantitative estimate of drug-likeness (QED) is 0.801. The number of nitrogens with one attached hydrogen (secondary N) is 1. The maximum atomic E-state index is 12.4. The zero-order valence-corrected chi connectivity index (χ0v) is 14.0. The van der Waals surface area contributed by atoms with E-state index in [1.54, 1.807) is 12.1 Å². The van der Waals surface area contributed by atoms with Gasteiger partial charge in [0, 0.05) is 17.1 Å². The fourth-order valence-corrected chi connectivity index (χ4v) is 2.95. The van der Waals surface area contributed by atoms with E-state index in [2.05, 4.69) is 25.2 Å². The Morgan fingerprint density at radius 3 is 2.59 bits per heavy atom. The van der Waals surface area contributed by atoms with Crippen molar-refractivity contribution < 1.29 is 4.79 Å². The molecule has 4 heteroatoms. The largest absolute Gasteiger partial charge is 0.398 e. The van der Waals surface area contributed by atoms with Gasteiger partial charge in [-0.25, -0.2) is 0 Å². The van der Waals surface area contributed by atoms with E-state index in [0.717, 1.165) is 17.0 Å². The van der Waals surface area contributed by atoms with E-state index >= 15 is 0 Å². The van der Waals surface area contributed by atoms with Crippen molar-refractivity contribution in [1.29, 1.82) is 0 Å². The highest BCUT2D eigenvalue weighted by Gasteiger charge is 2.12. The predicted octanol–water partition coefficient (Wildman–Crippen LogP) is 4.47. The summed E-state index contributed by atoms with van der Waals surface area (Å²) in [4.78, 5) is 12.4. The van der Waals surface area contributed by atoms with Crippen LogP contribution in [0.15, 0.2) is 42.5 Å². The molecule has 0 radical (unpaired) electrons. The first-order valence-corrected chi connectivity index (χ1v) is 8.40. The SMILES string of the molecule is Cc1c(CSC(C)C)cccc1NC(=O)c1ccccc1N. The first kappa shape index (κ1) is 16.4. The summed E-state index contributed by atoms with van der Waals surface area (Å²) in [6, 6.07) is 13.1. The maximum absolute atomic E-state index is 12.4. The van der Waals surface area contributed by atoms with Crippen LogP contribution in [-0.2, 0) is 5.75 Å². The van der Waals surface area contributed by atoms with Crippen molar-refractivity contribution in [2.24, 2.45) is 0 Å². The Kier molecular flexibility index (Phi) is 5.50. The minimum absolute atomic E-state index is 0.171. The van der Waals surface area contributed by atoms with E-state index < -0.39 is 0 Å². The van der Waals surface area contributed by atoms with Crippen LogP contribution < -0.4 is 11.1 Å². The number of nitrogen functional groups attached to an aromatic ring is 1. The number of benzene rings is 2. The molecule has 0 aliphatic heterocycles. The normalized spacial score (nSPS) is 10.7. The molecule has 0 aliphatic rings. The van der Waals surface area contributed by atoms with Gasteiger partial charge in [-0.15, -0.1) is 0 Å². The average Bonchev–Trinajstić information content (AvgIpc) is 2.48. The predicted molar refractivity (Wildman–Crippen MR) is 96.4 cm³/mol. The Morgan fingerprint density at radius 1 is 1.18 bits per heavy atom. The van der Waals surface area contributed by atoms with Gasteiger partial charge in [0.2, 0.25) is 0 Å². The van der Waals surface area contributed by atoms with Gasteiger partial charge < -0.3 is 11.1 Å². The van der Waals surface area contributed by atoms with E-state index in [9.17, 15) is 4.79 Å². The van der Waals surface area contributed by atoms with E-state index in [1.807, 2.05) is 43.0 Å². The van der Waals surface area contributed by atoms with E-state index in [0.29, 0.717) is 16.5 Å². The minimum Gasteiger partial charge on any atom is -0.398 e. The summed E-state index contributed by atoms with van der Waals surface area (Å²) < 4.78 is 0. The van der Waals surface area contributed by atoms with Gasteiger partial charge in [0.25, 0.3) is 5.91 Å². The summed E-state index contributed by atoms with van der Waals surface area (Å²) in [6.07, 6.45) is 0. The van der Waals surface area contributed by atoms with Crippen molar-refractivity contribution in [3.8, 4) is 0 Å². The van der Waals surface area contributed by atoms with Gasteiger partial charge in [-0.1, -0.05) is 38.1 Å². The molecule has 0 saturated heterocycles. The maximum Gasteiger partial charge on any atom is 0.257 e. The molecule has 1 amide bonds. The van der Waals surface area contributed by atoms with Crippen LogP contribution in [0.25, 0.3) is 0 Å². The molecule has 0 heterocycles. The summed E-state index contributed by atoms with van der Waals surface area (Å²) in [5.41, 5.74) is 10.1. The summed E-state index contributed by atoms with van der Waals surface area (Å²) in [5.74, 6) is 0.774. The number of amides is 1. The number of nitrogens with two attached hydrogens (primary N) is 1. The fourth-order valence-electron chi connectivity index (χ4n) is 2.13. The van der Waals surface area contributed by atoms with Gasteiger partial charge in [-0.05, 0) is 41.5 Å². The van der Waals surface area contributed by atoms with Gasteiger partial charge in [0.15, 0.2) is 0 Å². The van der Waals surface area contributed by atoms with E-state index in [1.165, 1.54) is 5.56 Å². The zero-order chi connectivity index (χ0) is 16.1. The number of hydrogen-bond donors (Lipinski definition) is 2. The lowest BCUT2D eigenvalue weighted by molar-refractivity contribution is 0.102. The lowest BCUT2D eigenvalue weighted by Crippen LogP contribution is -2.15. The summed E-state index contributed by atoms with van der Waals surface area (Å²) >= 11 is 1.89. The lowest BCUT2D eigenvalue weighted by atomic mass is 10.1. The molecule has 2 rings (SSSR count). The molecular formula is C18H22N2OS. The van der Waals surface area contributed by atoms with E-state index in [4.69, 9.17) is 5.73 Å². The van der Waals surface area contributed by atoms with Crippen LogP contribution in [-0.4, -0.2) is 11.2 Å². The molecule has 116 valence electrons. The third kappa shape index (κ3) is 4.04. The third-order valence-electron chi connectivity index (χ3n) is 3.47. The summed E-state index contributed by atoms with van der Waals surface area (Å²) in [5, 5.41) is 3.55. The second-order valence-electron chi connectivity index (χ2n) is 5.49. The third-order valence-corrected chi connectivity index (χ3v) is 4.62. The Labute approximate surface area is 136 Å². The molecular weight excluding hydrogens is 292 g/mol. The van der Waals surface area contributed by atoms with Crippen molar-refractivity contribution in [1.82, 2.24) is 0 Å². The zero-order valence-electron chi connectivity index (χ0n) is 13.2. The highest BCUT2D eigenvalue weighted by molar-refractivity contribution is 7.99. The first-order chi connectivity index (χ1) is 10.5. The van der Waals surface area contributed by atoms with Crippen LogP contribution in [0.2, 0.25) is 0 Å². The molecule has 0 bridgehead atoms. The number of para-hydroxylation sites is 1. The molecule has 3 N–H and O–H groups in total. The first-order valence-electron chi connectivity index (χ1n) is 7.35. The van der Waals surface area contributed by atoms with Crippen molar-refractivity contribution >= 4 is 29.0 Å². The van der Waals surface area contributed by atoms with Crippen LogP contribution >= 0.6 is 11.8 Å². The summed E-state index contributed by atoms with van der Waals surface area (Å²) in [7, 11) is 0. The average molecular weight is 314 g/mol. The molecule has 0 fully saturated rings. The van der Waals surface area contributed by atoms with Crippen LogP contribution in [0, 0.1) is 6.92 Å².